The third-order valence-corrected chi connectivity index (χ3v) is 8.09. The Morgan fingerprint density at radius 2 is 0.639 bits per heavy atom. The van der Waals surface area contributed by atoms with E-state index in [2.05, 4.69) is 0 Å². The second-order valence-corrected chi connectivity index (χ2v) is 10.8. The molecule has 0 aliphatic rings. The van der Waals surface area contributed by atoms with E-state index in [0.717, 1.165) is 66.2 Å². The summed E-state index contributed by atoms with van der Waals surface area (Å²) < 4.78 is 24.6. The van der Waals surface area contributed by atoms with E-state index >= 15 is 0 Å². The van der Waals surface area contributed by atoms with E-state index < -0.39 is 0 Å². The molecular formula is C30H30O4Si2. The lowest BCUT2D eigenvalue weighted by molar-refractivity contribution is 0.0217. The van der Waals surface area contributed by atoms with Crippen molar-refractivity contribution in [2.45, 2.75) is 36.8 Å². The van der Waals surface area contributed by atoms with Crippen molar-refractivity contribution in [3.8, 4) is 23.0 Å². The quantitative estimate of drug-likeness (QED) is 0.0977. The summed E-state index contributed by atoms with van der Waals surface area (Å²) in [6.07, 6.45) is -0.626. The molecule has 0 amide bonds. The molecule has 0 fully saturated rings. The number of hydrogen-bond acceptors (Lipinski definition) is 4. The highest BCUT2D eigenvalue weighted by molar-refractivity contribution is 6.42. The molecule has 4 aromatic rings. The van der Waals surface area contributed by atoms with Gasteiger partial charge >= 0.3 is 0 Å². The Balaban J connectivity index is 1.24. The second-order valence-electron chi connectivity index (χ2n) is 7.99. The third kappa shape index (κ3) is 9.28. The Labute approximate surface area is 218 Å². The normalized spacial score (nSPS) is 10.8. The van der Waals surface area contributed by atoms with E-state index in [0.29, 0.717) is 0 Å². The molecule has 4 nitrogen and oxygen atoms in total. The molecule has 0 aliphatic heterocycles. The summed E-state index contributed by atoms with van der Waals surface area (Å²) in [5, 5.41) is 0. The van der Waals surface area contributed by atoms with Crippen LogP contribution in [0, 0.1) is 0 Å². The zero-order chi connectivity index (χ0) is 24.7. The molecule has 0 bridgehead atoms. The Bertz CT molecular complexity index is 925. The fraction of sp³-hybridized carbons (Fsp3) is 0.200. The standard InChI is InChI=1S/C30H30O4Si2/c1-5-13-25(14-6-1)31-29(32-26-15-7-2-8-16-26)23-35-21-22-36-24-30(33-27-17-9-3-10-18-27)34-28-19-11-4-12-20-28/h1-20,29-30H,21-24H2. The zero-order valence-electron chi connectivity index (χ0n) is 20.2. The van der Waals surface area contributed by atoms with Crippen LogP contribution in [0.4, 0.5) is 0 Å². The smallest absolute Gasteiger partial charge is 0.238 e. The summed E-state index contributed by atoms with van der Waals surface area (Å²) in [7, 11) is 1.48. The fourth-order valence-electron chi connectivity index (χ4n) is 3.43. The maximum absolute atomic E-state index is 6.14. The van der Waals surface area contributed by atoms with Gasteiger partial charge in [0.2, 0.25) is 12.6 Å². The van der Waals surface area contributed by atoms with Crippen LogP contribution in [0.5, 0.6) is 23.0 Å². The molecule has 4 radical (unpaired) electrons. The minimum absolute atomic E-state index is 0.313. The molecule has 0 aromatic heterocycles. The van der Waals surface area contributed by atoms with Gasteiger partial charge in [0, 0.05) is 31.1 Å². The summed E-state index contributed by atoms with van der Waals surface area (Å²) in [4.78, 5) is 0. The molecule has 4 rings (SSSR count). The predicted molar refractivity (Wildman–Crippen MR) is 147 cm³/mol. The molecule has 0 N–H and O–H groups in total. The highest BCUT2D eigenvalue weighted by atomic mass is 28.2. The lowest BCUT2D eigenvalue weighted by atomic mass is 10.3. The van der Waals surface area contributed by atoms with Crippen molar-refractivity contribution in [2.75, 3.05) is 0 Å². The van der Waals surface area contributed by atoms with E-state index in [1.807, 2.05) is 121 Å². The first-order valence-electron chi connectivity index (χ1n) is 12.1. The number of ether oxygens (including phenoxy) is 4. The average Bonchev–Trinajstić information content (AvgIpc) is 2.93. The first kappa shape index (κ1) is 25.6. The molecule has 4 aromatic carbocycles. The minimum atomic E-state index is -0.313. The van der Waals surface area contributed by atoms with Gasteiger partial charge in [-0.05, 0) is 48.5 Å². The topological polar surface area (TPSA) is 36.9 Å². The number of hydrogen-bond donors (Lipinski definition) is 0. The number of benzene rings is 4. The van der Waals surface area contributed by atoms with Gasteiger partial charge < -0.3 is 18.9 Å². The summed E-state index contributed by atoms with van der Waals surface area (Å²) in [5.74, 6) is 3.29. The van der Waals surface area contributed by atoms with Gasteiger partial charge in [0.15, 0.2) is 0 Å². The Hall–Kier alpha value is -3.49. The average molecular weight is 511 g/mol. The molecule has 0 aliphatic carbocycles. The van der Waals surface area contributed by atoms with Crippen LogP contribution in [-0.4, -0.2) is 31.6 Å². The van der Waals surface area contributed by atoms with Gasteiger partial charge in [-0.2, -0.15) is 0 Å². The summed E-state index contributed by atoms with van der Waals surface area (Å²) in [6, 6.07) is 43.4. The molecule has 0 atom stereocenters. The molecule has 0 saturated heterocycles. The third-order valence-electron chi connectivity index (χ3n) is 5.14. The largest absolute Gasteiger partial charge is 0.455 e. The van der Waals surface area contributed by atoms with Crippen LogP contribution < -0.4 is 18.9 Å². The first-order chi connectivity index (χ1) is 17.8. The van der Waals surface area contributed by atoms with E-state index in [4.69, 9.17) is 18.9 Å². The van der Waals surface area contributed by atoms with Crippen LogP contribution >= 0.6 is 0 Å². The summed E-state index contributed by atoms with van der Waals surface area (Å²) >= 11 is 0. The van der Waals surface area contributed by atoms with E-state index in [1.54, 1.807) is 0 Å². The van der Waals surface area contributed by atoms with Crippen molar-refractivity contribution in [1.29, 1.82) is 0 Å². The van der Waals surface area contributed by atoms with E-state index in [-0.39, 0.29) is 12.6 Å². The van der Waals surface area contributed by atoms with Gasteiger partial charge in [0.1, 0.15) is 23.0 Å². The van der Waals surface area contributed by atoms with Crippen molar-refractivity contribution >= 4 is 19.0 Å². The van der Waals surface area contributed by atoms with Crippen LogP contribution in [0.2, 0.25) is 24.2 Å². The maximum Gasteiger partial charge on any atom is 0.238 e. The van der Waals surface area contributed by atoms with Crippen molar-refractivity contribution in [3.05, 3.63) is 121 Å². The van der Waals surface area contributed by atoms with Gasteiger partial charge in [-0.1, -0.05) is 84.9 Å². The fourth-order valence-corrected chi connectivity index (χ4v) is 6.06. The van der Waals surface area contributed by atoms with Gasteiger partial charge in [-0.15, -0.1) is 0 Å². The number of para-hydroxylation sites is 4. The summed E-state index contributed by atoms with van der Waals surface area (Å²) in [5.41, 5.74) is 0. The molecular weight excluding hydrogens is 480 g/mol. The molecule has 182 valence electrons. The highest BCUT2D eigenvalue weighted by Gasteiger charge is 2.15. The number of rotatable bonds is 15. The lowest BCUT2D eigenvalue weighted by Crippen LogP contribution is -2.26. The molecule has 6 heteroatoms. The molecule has 36 heavy (non-hydrogen) atoms. The Morgan fingerprint density at radius 1 is 0.389 bits per heavy atom. The van der Waals surface area contributed by atoms with Crippen LogP contribution in [0.15, 0.2) is 121 Å². The van der Waals surface area contributed by atoms with Gasteiger partial charge in [-0.25, -0.2) is 0 Å². The highest BCUT2D eigenvalue weighted by Crippen LogP contribution is 2.20. The van der Waals surface area contributed by atoms with E-state index in [9.17, 15) is 0 Å². The van der Waals surface area contributed by atoms with Crippen LogP contribution in [0.1, 0.15) is 0 Å². The lowest BCUT2D eigenvalue weighted by Gasteiger charge is -2.21. The van der Waals surface area contributed by atoms with Crippen molar-refractivity contribution in [3.63, 3.8) is 0 Å². The molecule has 0 spiro atoms. The van der Waals surface area contributed by atoms with Gasteiger partial charge in [0.05, 0.1) is 0 Å². The second kappa shape index (κ2) is 14.8. The first-order valence-corrected chi connectivity index (χ1v) is 15.0. The van der Waals surface area contributed by atoms with Gasteiger partial charge in [-0.3, -0.25) is 0 Å². The van der Waals surface area contributed by atoms with Gasteiger partial charge in [0.25, 0.3) is 0 Å². The Morgan fingerprint density at radius 3 is 0.889 bits per heavy atom. The van der Waals surface area contributed by atoms with Crippen LogP contribution in [0.25, 0.3) is 0 Å². The zero-order valence-corrected chi connectivity index (χ0v) is 22.2. The van der Waals surface area contributed by atoms with E-state index in [1.165, 1.54) is 0 Å². The van der Waals surface area contributed by atoms with Crippen LogP contribution in [0.3, 0.4) is 0 Å². The van der Waals surface area contributed by atoms with Crippen molar-refractivity contribution in [1.82, 2.24) is 0 Å². The van der Waals surface area contributed by atoms with Crippen molar-refractivity contribution in [2.24, 2.45) is 0 Å². The molecule has 0 unspecified atom stereocenters. The SMILES string of the molecule is c1ccc(OC(C[Si]CC[Si]CC(Oc2ccccc2)Oc2ccccc2)Oc2ccccc2)cc1. The monoisotopic (exact) mass is 510 g/mol. The minimum Gasteiger partial charge on any atom is -0.455 e. The molecule has 0 heterocycles. The predicted octanol–water partition coefficient (Wildman–Crippen LogP) is 7.04. The molecule has 0 saturated carbocycles. The van der Waals surface area contributed by atoms with Crippen LogP contribution in [-0.2, 0) is 0 Å². The Kier molecular flexibility index (Phi) is 10.5. The maximum atomic E-state index is 6.14. The van der Waals surface area contributed by atoms with Crippen molar-refractivity contribution < 1.29 is 18.9 Å². The summed E-state index contributed by atoms with van der Waals surface area (Å²) in [6.45, 7) is 0.